The van der Waals surface area contributed by atoms with Gasteiger partial charge in [-0.25, -0.2) is 4.98 Å². The van der Waals surface area contributed by atoms with E-state index in [-0.39, 0.29) is 12.3 Å². The van der Waals surface area contributed by atoms with Crippen LogP contribution in [0.25, 0.3) is 0 Å². The second kappa shape index (κ2) is 7.51. The number of amides is 1. The van der Waals surface area contributed by atoms with E-state index in [2.05, 4.69) is 4.98 Å². The van der Waals surface area contributed by atoms with E-state index in [4.69, 9.17) is 0 Å². The molecule has 0 bridgehead atoms. The zero-order valence-electron chi connectivity index (χ0n) is 13.7. The topological polar surface area (TPSA) is 38.1 Å². The molecule has 0 fully saturated rings. The number of hydrogen-bond donors (Lipinski definition) is 0. The first-order chi connectivity index (χ1) is 11.3. The van der Waals surface area contributed by atoms with Crippen molar-refractivity contribution in [3.63, 3.8) is 0 Å². The van der Waals surface area contributed by atoms with Gasteiger partial charge in [-0.15, -0.1) is 0 Å². The number of carbonyl (C=O) groups excluding carboxylic acids is 1. The summed E-state index contributed by atoms with van der Waals surface area (Å²) in [6.07, 6.45) is 0.881. The number of halogens is 3. The van der Waals surface area contributed by atoms with Gasteiger partial charge < -0.3 is 9.47 Å². The van der Waals surface area contributed by atoms with Gasteiger partial charge in [0, 0.05) is 39.5 Å². The molecule has 4 nitrogen and oxygen atoms in total. The van der Waals surface area contributed by atoms with Crippen molar-refractivity contribution in [3.05, 3.63) is 53.6 Å². The fourth-order valence-electron chi connectivity index (χ4n) is 2.36. The summed E-state index contributed by atoms with van der Waals surface area (Å²) in [7, 11) is 3.62. The first kappa shape index (κ1) is 18.0. The Bertz CT molecular complexity index is 677. The molecule has 24 heavy (non-hydrogen) atoms. The molecule has 0 saturated heterocycles. The minimum absolute atomic E-state index is 0.0943. The van der Waals surface area contributed by atoms with Crippen LogP contribution in [0.3, 0.4) is 0 Å². The Morgan fingerprint density at radius 3 is 2.46 bits per heavy atom. The van der Waals surface area contributed by atoms with Gasteiger partial charge in [0.1, 0.15) is 5.82 Å². The van der Waals surface area contributed by atoms with Crippen molar-refractivity contribution in [3.8, 4) is 0 Å². The van der Waals surface area contributed by atoms with Crippen molar-refractivity contribution in [2.45, 2.75) is 25.4 Å². The van der Waals surface area contributed by atoms with Gasteiger partial charge in [-0.2, -0.15) is 13.2 Å². The van der Waals surface area contributed by atoms with Crippen LogP contribution >= 0.6 is 0 Å². The van der Waals surface area contributed by atoms with E-state index in [9.17, 15) is 18.0 Å². The van der Waals surface area contributed by atoms with E-state index in [1.165, 1.54) is 12.1 Å². The number of carbonyl (C=O) groups is 1. The highest BCUT2D eigenvalue weighted by Crippen LogP contribution is 2.29. The van der Waals surface area contributed by atoms with Gasteiger partial charge in [-0.1, -0.05) is 12.1 Å². The maximum atomic E-state index is 12.5. The van der Waals surface area contributed by atoms with Crippen LogP contribution < -0.4 is 0 Å². The average molecular weight is 339 g/mol. The fourth-order valence-corrected chi connectivity index (χ4v) is 2.36. The molecular formula is C17H20F3N3O. The molecule has 0 aliphatic carbocycles. The zero-order chi connectivity index (χ0) is 17.7. The third kappa shape index (κ3) is 4.84. The largest absolute Gasteiger partial charge is 0.416 e. The number of aryl methyl sites for hydroxylation is 2. The minimum atomic E-state index is -4.36. The summed E-state index contributed by atoms with van der Waals surface area (Å²) in [6.45, 7) is 0.576. The molecular weight excluding hydrogens is 319 g/mol. The molecule has 130 valence electrons. The molecule has 2 aromatic rings. The second-order valence-electron chi connectivity index (χ2n) is 5.74. The van der Waals surface area contributed by atoms with E-state index in [0.29, 0.717) is 12.1 Å². The molecule has 2 rings (SSSR count). The molecule has 0 unspecified atom stereocenters. The Balaban J connectivity index is 1.82. The number of likely N-dealkylation sites (N-methyl/N-ethyl adjacent to an activating group) is 1. The number of rotatable bonds is 6. The molecule has 0 spiro atoms. The Hall–Kier alpha value is -2.31. The van der Waals surface area contributed by atoms with Gasteiger partial charge in [0.15, 0.2) is 0 Å². The van der Waals surface area contributed by atoms with E-state index in [1.54, 1.807) is 18.1 Å². The Morgan fingerprint density at radius 2 is 1.92 bits per heavy atom. The third-order valence-corrected chi connectivity index (χ3v) is 3.88. The van der Waals surface area contributed by atoms with Gasteiger partial charge in [0.05, 0.1) is 12.0 Å². The number of nitrogens with zero attached hydrogens (tertiary/aromatic N) is 3. The first-order valence-electron chi connectivity index (χ1n) is 7.63. The predicted octanol–water partition coefficient (Wildman–Crippen LogP) is 3.07. The van der Waals surface area contributed by atoms with Crippen molar-refractivity contribution in [1.29, 1.82) is 0 Å². The van der Waals surface area contributed by atoms with Crippen molar-refractivity contribution in [2.24, 2.45) is 7.05 Å². The summed E-state index contributed by atoms with van der Waals surface area (Å²) in [5, 5.41) is 0. The summed E-state index contributed by atoms with van der Waals surface area (Å²) in [4.78, 5) is 18.0. The highest BCUT2D eigenvalue weighted by molar-refractivity contribution is 5.78. The summed E-state index contributed by atoms with van der Waals surface area (Å²) in [5.74, 6) is 0.841. The SMILES string of the molecule is CN(CCCc1nccn1C)C(=O)Cc1ccc(C(F)(F)F)cc1. The lowest BCUT2D eigenvalue weighted by Gasteiger charge is -2.17. The van der Waals surface area contributed by atoms with Gasteiger partial charge >= 0.3 is 6.18 Å². The standard InChI is InChI=1S/C17H20F3N3O/c1-22-11-9-21-15(22)4-3-10-23(2)16(24)12-13-5-7-14(8-6-13)17(18,19)20/h5-9,11H,3-4,10,12H2,1-2H3. The molecule has 0 N–H and O–H groups in total. The van der Waals surface area contributed by atoms with Crippen LogP contribution in [0, 0.1) is 0 Å². The van der Waals surface area contributed by atoms with Gasteiger partial charge in [-0.3, -0.25) is 4.79 Å². The van der Waals surface area contributed by atoms with Gasteiger partial charge in [0.2, 0.25) is 5.91 Å². The Morgan fingerprint density at radius 1 is 1.25 bits per heavy atom. The van der Waals surface area contributed by atoms with E-state index >= 15 is 0 Å². The second-order valence-corrected chi connectivity index (χ2v) is 5.74. The Labute approximate surface area is 138 Å². The number of benzene rings is 1. The quantitative estimate of drug-likeness (QED) is 0.811. The molecule has 1 amide bonds. The molecule has 0 aliphatic rings. The van der Waals surface area contributed by atoms with Crippen molar-refractivity contribution in [2.75, 3.05) is 13.6 Å². The van der Waals surface area contributed by atoms with Crippen molar-refractivity contribution >= 4 is 5.91 Å². The molecule has 1 aromatic heterocycles. The lowest BCUT2D eigenvalue weighted by molar-refractivity contribution is -0.137. The molecule has 0 radical (unpaired) electrons. The summed E-state index contributed by atoms with van der Waals surface area (Å²) in [5.41, 5.74) is -0.133. The number of imidazole rings is 1. The molecule has 1 aromatic carbocycles. The first-order valence-corrected chi connectivity index (χ1v) is 7.63. The van der Waals surface area contributed by atoms with E-state index < -0.39 is 11.7 Å². The zero-order valence-corrected chi connectivity index (χ0v) is 13.7. The maximum Gasteiger partial charge on any atom is 0.416 e. The lowest BCUT2D eigenvalue weighted by atomic mass is 10.1. The Kier molecular flexibility index (Phi) is 5.64. The van der Waals surface area contributed by atoms with Crippen LogP contribution in [0.15, 0.2) is 36.7 Å². The van der Waals surface area contributed by atoms with Gasteiger partial charge in [0.25, 0.3) is 0 Å². The van der Waals surface area contributed by atoms with Crippen LogP contribution in [0.1, 0.15) is 23.4 Å². The number of aromatic nitrogens is 2. The smallest absolute Gasteiger partial charge is 0.345 e. The summed E-state index contributed by atoms with van der Waals surface area (Å²) >= 11 is 0. The van der Waals surface area contributed by atoms with Crippen LogP contribution in [0.4, 0.5) is 13.2 Å². The molecule has 0 aliphatic heterocycles. The van der Waals surface area contributed by atoms with Crippen LogP contribution in [-0.4, -0.2) is 34.0 Å². The normalized spacial score (nSPS) is 11.5. The number of hydrogen-bond acceptors (Lipinski definition) is 2. The van der Waals surface area contributed by atoms with Crippen LogP contribution in [0.5, 0.6) is 0 Å². The van der Waals surface area contributed by atoms with Crippen LogP contribution in [-0.2, 0) is 30.9 Å². The third-order valence-electron chi connectivity index (χ3n) is 3.88. The predicted molar refractivity (Wildman–Crippen MR) is 84.3 cm³/mol. The summed E-state index contributed by atoms with van der Waals surface area (Å²) in [6, 6.07) is 4.71. The monoisotopic (exact) mass is 339 g/mol. The van der Waals surface area contributed by atoms with Crippen molar-refractivity contribution < 1.29 is 18.0 Å². The van der Waals surface area contributed by atoms with E-state index in [1.807, 2.05) is 17.8 Å². The van der Waals surface area contributed by atoms with Crippen molar-refractivity contribution in [1.82, 2.24) is 14.5 Å². The molecule has 1 heterocycles. The maximum absolute atomic E-state index is 12.5. The molecule has 0 saturated carbocycles. The van der Waals surface area contributed by atoms with E-state index in [0.717, 1.165) is 30.8 Å². The molecule has 0 atom stereocenters. The fraction of sp³-hybridized carbons (Fsp3) is 0.412. The average Bonchev–Trinajstić information content (AvgIpc) is 2.92. The molecule has 7 heteroatoms. The minimum Gasteiger partial charge on any atom is -0.345 e. The lowest BCUT2D eigenvalue weighted by Crippen LogP contribution is -2.29. The highest BCUT2D eigenvalue weighted by atomic mass is 19.4. The highest BCUT2D eigenvalue weighted by Gasteiger charge is 2.30. The van der Waals surface area contributed by atoms with Crippen LogP contribution in [0.2, 0.25) is 0 Å². The van der Waals surface area contributed by atoms with Gasteiger partial charge in [-0.05, 0) is 24.1 Å². The summed E-state index contributed by atoms with van der Waals surface area (Å²) < 4.78 is 39.5. The number of alkyl halides is 3.